The lowest BCUT2D eigenvalue weighted by molar-refractivity contribution is 0.0946. The van der Waals surface area contributed by atoms with Crippen molar-refractivity contribution in [2.45, 2.75) is 26.3 Å². The lowest BCUT2D eigenvalue weighted by Crippen LogP contribution is -2.43. The highest BCUT2D eigenvalue weighted by Crippen LogP contribution is 2.16. The van der Waals surface area contributed by atoms with Crippen LogP contribution in [0, 0.1) is 6.92 Å². The number of benzene rings is 1. The molecule has 0 radical (unpaired) electrons. The molecule has 3 nitrogen and oxygen atoms in total. The number of aryl methyl sites for hydroxylation is 1. The molecular weight excluding hydrogens is 300 g/mol. The van der Waals surface area contributed by atoms with Crippen LogP contribution in [0.4, 0.5) is 0 Å². The Morgan fingerprint density at radius 1 is 1.59 bits per heavy atom. The fraction of sp³-hybridized carbons (Fsp3) is 0.333. The molecular formula is C12H15BrN2OS. The van der Waals surface area contributed by atoms with Crippen LogP contribution >= 0.6 is 28.1 Å². The molecule has 0 aliphatic carbocycles. The average molecular weight is 315 g/mol. The highest BCUT2D eigenvalue weighted by molar-refractivity contribution is 9.10. The van der Waals surface area contributed by atoms with E-state index in [1.54, 1.807) is 6.07 Å². The van der Waals surface area contributed by atoms with E-state index in [1.165, 1.54) is 0 Å². The van der Waals surface area contributed by atoms with Gasteiger partial charge in [0.25, 0.3) is 5.91 Å². The van der Waals surface area contributed by atoms with Crippen LogP contribution in [0.1, 0.15) is 29.3 Å². The molecule has 0 fully saturated rings. The number of nitrogens with one attached hydrogen (secondary N) is 1. The SMILES string of the molecule is CCC(NC(=O)c1ccc(Br)cc1C)C(N)=S. The van der Waals surface area contributed by atoms with Crippen molar-refractivity contribution in [3.8, 4) is 0 Å². The summed E-state index contributed by atoms with van der Waals surface area (Å²) in [6.07, 6.45) is 0.691. The number of carbonyl (C=O) groups excluding carboxylic acids is 1. The summed E-state index contributed by atoms with van der Waals surface area (Å²) in [7, 11) is 0. The van der Waals surface area contributed by atoms with Crippen LogP contribution in [0.25, 0.3) is 0 Å². The fourth-order valence-electron chi connectivity index (χ4n) is 1.49. The Hall–Kier alpha value is -0.940. The summed E-state index contributed by atoms with van der Waals surface area (Å²) >= 11 is 8.25. The molecule has 0 aliphatic rings. The standard InChI is InChI=1S/C12H15BrN2OS/c1-3-10(11(14)17)15-12(16)9-5-4-8(13)6-7(9)2/h4-6,10H,3H2,1-2H3,(H2,14,17)(H,15,16). The van der Waals surface area contributed by atoms with Crippen LogP contribution in [0.15, 0.2) is 22.7 Å². The average Bonchev–Trinajstić information content (AvgIpc) is 2.24. The number of carbonyl (C=O) groups is 1. The summed E-state index contributed by atoms with van der Waals surface area (Å²) < 4.78 is 0.952. The van der Waals surface area contributed by atoms with Gasteiger partial charge in [-0.15, -0.1) is 0 Å². The molecule has 17 heavy (non-hydrogen) atoms. The highest BCUT2D eigenvalue weighted by atomic mass is 79.9. The van der Waals surface area contributed by atoms with Gasteiger partial charge in [-0.1, -0.05) is 35.1 Å². The van der Waals surface area contributed by atoms with Crippen molar-refractivity contribution in [3.63, 3.8) is 0 Å². The lowest BCUT2D eigenvalue weighted by atomic mass is 10.1. The Bertz CT molecular complexity index is 448. The van der Waals surface area contributed by atoms with Crippen molar-refractivity contribution in [1.29, 1.82) is 0 Å². The molecule has 92 valence electrons. The molecule has 1 rings (SSSR count). The fourth-order valence-corrected chi connectivity index (χ4v) is 2.19. The second kappa shape index (κ2) is 6.12. The number of hydrogen-bond donors (Lipinski definition) is 2. The molecule has 0 heterocycles. The quantitative estimate of drug-likeness (QED) is 0.840. The molecule has 1 aromatic rings. The molecule has 0 aromatic heterocycles. The van der Waals surface area contributed by atoms with E-state index in [0.717, 1.165) is 10.0 Å². The minimum atomic E-state index is -0.249. The summed E-state index contributed by atoms with van der Waals surface area (Å²) in [5.41, 5.74) is 7.10. The highest BCUT2D eigenvalue weighted by Gasteiger charge is 2.15. The number of amides is 1. The minimum Gasteiger partial charge on any atom is -0.392 e. The Morgan fingerprint density at radius 3 is 2.71 bits per heavy atom. The van der Waals surface area contributed by atoms with E-state index in [2.05, 4.69) is 21.2 Å². The molecule has 0 bridgehead atoms. The number of thiocarbonyl (C=S) groups is 1. The van der Waals surface area contributed by atoms with Gasteiger partial charge >= 0.3 is 0 Å². The van der Waals surface area contributed by atoms with E-state index in [9.17, 15) is 4.79 Å². The number of rotatable bonds is 4. The zero-order chi connectivity index (χ0) is 13.0. The first-order valence-corrected chi connectivity index (χ1v) is 6.52. The van der Waals surface area contributed by atoms with Crippen molar-refractivity contribution in [1.82, 2.24) is 5.32 Å². The maximum atomic E-state index is 12.0. The molecule has 0 saturated heterocycles. The molecule has 1 amide bonds. The van der Waals surface area contributed by atoms with E-state index in [-0.39, 0.29) is 11.9 Å². The molecule has 5 heteroatoms. The van der Waals surface area contributed by atoms with Gasteiger partial charge in [-0.05, 0) is 37.1 Å². The largest absolute Gasteiger partial charge is 0.392 e. The van der Waals surface area contributed by atoms with Gasteiger partial charge < -0.3 is 11.1 Å². The zero-order valence-corrected chi connectivity index (χ0v) is 12.2. The second-order valence-electron chi connectivity index (χ2n) is 3.80. The van der Waals surface area contributed by atoms with Gasteiger partial charge in [0.15, 0.2) is 0 Å². The number of halogens is 1. The third kappa shape index (κ3) is 3.78. The Kier molecular flexibility index (Phi) is 5.08. The third-order valence-electron chi connectivity index (χ3n) is 2.49. The van der Waals surface area contributed by atoms with E-state index in [0.29, 0.717) is 17.0 Å². The normalized spacial score (nSPS) is 11.9. The first-order chi connectivity index (χ1) is 7.95. The smallest absolute Gasteiger partial charge is 0.252 e. The zero-order valence-electron chi connectivity index (χ0n) is 9.79. The topological polar surface area (TPSA) is 55.1 Å². The second-order valence-corrected chi connectivity index (χ2v) is 5.18. The summed E-state index contributed by atoms with van der Waals surface area (Å²) in [5, 5.41) is 2.82. The van der Waals surface area contributed by atoms with Crippen LogP contribution in [0.2, 0.25) is 0 Å². The van der Waals surface area contributed by atoms with Crippen molar-refractivity contribution in [2.24, 2.45) is 5.73 Å². The number of hydrogen-bond acceptors (Lipinski definition) is 2. The van der Waals surface area contributed by atoms with Crippen LogP contribution in [0.5, 0.6) is 0 Å². The Morgan fingerprint density at radius 2 is 2.24 bits per heavy atom. The van der Waals surface area contributed by atoms with Gasteiger partial charge in [0.2, 0.25) is 0 Å². The number of nitrogens with two attached hydrogens (primary N) is 1. The van der Waals surface area contributed by atoms with Crippen LogP contribution in [-0.4, -0.2) is 16.9 Å². The molecule has 1 atom stereocenters. The minimum absolute atomic E-state index is 0.144. The van der Waals surface area contributed by atoms with E-state index in [4.69, 9.17) is 18.0 Å². The molecule has 0 aliphatic heterocycles. The van der Waals surface area contributed by atoms with Gasteiger partial charge in [-0.2, -0.15) is 0 Å². The van der Waals surface area contributed by atoms with Crippen LogP contribution in [-0.2, 0) is 0 Å². The van der Waals surface area contributed by atoms with Gasteiger partial charge in [0.1, 0.15) is 0 Å². The summed E-state index contributed by atoms with van der Waals surface area (Å²) in [6.45, 7) is 3.82. The summed E-state index contributed by atoms with van der Waals surface area (Å²) in [6, 6.07) is 5.27. The van der Waals surface area contributed by atoms with E-state index in [1.807, 2.05) is 26.0 Å². The van der Waals surface area contributed by atoms with E-state index >= 15 is 0 Å². The van der Waals surface area contributed by atoms with Crippen LogP contribution in [0.3, 0.4) is 0 Å². The third-order valence-corrected chi connectivity index (χ3v) is 3.27. The molecule has 1 aromatic carbocycles. The summed E-state index contributed by atoms with van der Waals surface area (Å²) in [5.74, 6) is -0.144. The predicted molar refractivity (Wildman–Crippen MR) is 77.2 cm³/mol. The monoisotopic (exact) mass is 314 g/mol. The summed E-state index contributed by atoms with van der Waals surface area (Å²) in [4.78, 5) is 12.3. The first-order valence-electron chi connectivity index (χ1n) is 5.32. The maximum Gasteiger partial charge on any atom is 0.252 e. The van der Waals surface area contributed by atoms with Gasteiger partial charge in [0, 0.05) is 10.0 Å². The molecule has 1 unspecified atom stereocenters. The van der Waals surface area contributed by atoms with Gasteiger partial charge in [0.05, 0.1) is 11.0 Å². The van der Waals surface area contributed by atoms with Gasteiger partial charge in [-0.3, -0.25) is 4.79 Å². The van der Waals surface area contributed by atoms with Crippen molar-refractivity contribution >= 4 is 39.0 Å². The van der Waals surface area contributed by atoms with Crippen molar-refractivity contribution in [3.05, 3.63) is 33.8 Å². The van der Waals surface area contributed by atoms with E-state index < -0.39 is 0 Å². The van der Waals surface area contributed by atoms with Crippen LogP contribution < -0.4 is 11.1 Å². The molecule has 0 saturated carbocycles. The Labute approximate surface area is 115 Å². The Balaban J connectivity index is 2.86. The maximum absolute atomic E-state index is 12.0. The van der Waals surface area contributed by atoms with Gasteiger partial charge in [-0.25, -0.2) is 0 Å². The van der Waals surface area contributed by atoms with Crippen molar-refractivity contribution < 1.29 is 4.79 Å². The molecule has 0 spiro atoms. The first kappa shape index (κ1) is 14.1. The molecule has 3 N–H and O–H groups in total. The lowest BCUT2D eigenvalue weighted by Gasteiger charge is -2.16. The van der Waals surface area contributed by atoms with Crippen molar-refractivity contribution in [2.75, 3.05) is 0 Å². The predicted octanol–water partition coefficient (Wildman–Crippen LogP) is 2.55.